The number of urea groups is 1. The fourth-order valence-corrected chi connectivity index (χ4v) is 3.97. The minimum absolute atomic E-state index is 0.128. The Hall–Kier alpha value is -2.82. The zero-order valence-electron chi connectivity index (χ0n) is 18.3. The topological polar surface area (TPSA) is 52.7 Å². The van der Waals surface area contributed by atoms with Crippen LogP contribution in [0.15, 0.2) is 54.6 Å². The van der Waals surface area contributed by atoms with Crippen LogP contribution < -0.4 is 5.32 Å². The number of amides is 3. The van der Waals surface area contributed by atoms with Gasteiger partial charge in [0.05, 0.1) is 5.92 Å². The highest BCUT2D eigenvalue weighted by Crippen LogP contribution is 2.23. The minimum atomic E-state index is -0.153. The van der Waals surface area contributed by atoms with Gasteiger partial charge in [-0.1, -0.05) is 49.4 Å². The first-order chi connectivity index (χ1) is 14.5. The first kappa shape index (κ1) is 21.9. The van der Waals surface area contributed by atoms with E-state index < -0.39 is 0 Å². The van der Waals surface area contributed by atoms with Crippen LogP contribution in [0, 0.1) is 12.8 Å². The van der Waals surface area contributed by atoms with Gasteiger partial charge >= 0.3 is 6.03 Å². The van der Waals surface area contributed by atoms with E-state index in [9.17, 15) is 9.59 Å². The lowest BCUT2D eigenvalue weighted by molar-refractivity contribution is -0.139. The molecule has 1 fully saturated rings. The van der Waals surface area contributed by atoms with E-state index in [0.717, 1.165) is 36.1 Å². The maximum absolute atomic E-state index is 13.4. The third kappa shape index (κ3) is 5.62. The third-order valence-electron chi connectivity index (χ3n) is 5.93. The van der Waals surface area contributed by atoms with E-state index >= 15 is 0 Å². The van der Waals surface area contributed by atoms with Crippen LogP contribution in [0.3, 0.4) is 0 Å². The second-order valence-electron chi connectivity index (χ2n) is 8.29. The maximum Gasteiger partial charge on any atom is 0.321 e. The summed E-state index contributed by atoms with van der Waals surface area (Å²) in [6.07, 6.45) is 2.58. The van der Waals surface area contributed by atoms with Crippen molar-refractivity contribution in [3.05, 3.63) is 65.7 Å². The lowest BCUT2D eigenvalue weighted by Gasteiger charge is -2.37. The Morgan fingerprint density at radius 1 is 1.17 bits per heavy atom. The fourth-order valence-electron chi connectivity index (χ4n) is 3.97. The average Bonchev–Trinajstić information content (AvgIpc) is 2.77. The summed E-state index contributed by atoms with van der Waals surface area (Å²) in [4.78, 5) is 30.0. The second-order valence-corrected chi connectivity index (χ2v) is 8.29. The van der Waals surface area contributed by atoms with E-state index in [2.05, 4.69) is 31.3 Å². The van der Waals surface area contributed by atoms with E-state index in [-0.39, 0.29) is 23.9 Å². The number of rotatable bonds is 6. The molecule has 1 aliphatic heterocycles. The SMILES string of the molecule is CCC(C)N(Cc1ccccc1)C(=O)C1CCCN(C(=O)Nc2cccc(C)c2)C1. The van der Waals surface area contributed by atoms with Crippen LogP contribution in [0.2, 0.25) is 0 Å². The van der Waals surface area contributed by atoms with Gasteiger partial charge in [-0.25, -0.2) is 4.79 Å². The molecule has 0 spiro atoms. The van der Waals surface area contributed by atoms with Crippen molar-refractivity contribution in [2.45, 2.75) is 52.6 Å². The number of aryl methyl sites for hydroxylation is 1. The molecule has 0 bridgehead atoms. The number of carbonyl (C=O) groups is 2. The Morgan fingerprint density at radius 3 is 2.63 bits per heavy atom. The molecule has 0 aromatic heterocycles. The second kappa shape index (κ2) is 10.3. The van der Waals surface area contributed by atoms with Gasteiger partial charge in [-0.2, -0.15) is 0 Å². The van der Waals surface area contributed by atoms with Crippen molar-refractivity contribution >= 4 is 17.6 Å². The largest absolute Gasteiger partial charge is 0.335 e. The Bertz CT molecular complexity index is 852. The number of benzene rings is 2. The van der Waals surface area contributed by atoms with Gasteiger partial charge in [0.25, 0.3) is 0 Å². The minimum Gasteiger partial charge on any atom is -0.335 e. The standard InChI is InChI=1S/C25H33N3O2/c1-4-20(3)28(17-21-11-6-5-7-12-21)24(29)22-13-9-15-27(18-22)25(30)26-23-14-8-10-19(2)16-23/h5-8,10-12,14,16,20,22H,4,9,13,15,17-18H2,1-3H3,(H,26,30). The molecule has 2 unspecified atom stereocenters. The monoisotopic (exact) mass is 407 g/mol. The number of anilines is 1. The first-order valence-electron chi connectivity index (χ1n) is 10.9. The van der Waals surface area contributed by atoms with Gasteiger partial charge in [-0.3, -0.25) is 4.79 Å². The molecule has 30 heavy (non-hydrogen) atoms. The van der Waals surface area contributed by atoms with Crippen LogP contribution in [0.4, 0.5) is 10.5 Å². The van der Waals surface area contributed by atoms with E-state index in [1.165, 1.54) is 0 Å². The molecular formula is C25H33N3O2. The summed E-state index contributed by atoms with van der Waals surface area (Å²) in [5.41, 5.74) is 3.03. The smallest absolute Gasteiger partial charge is 0.321 e. The number of hydrogen-bond donors (Lipinski definition) is 1. The summed E-state index contributed by atoms with van der Waals surface area (Å²) in [6, 6.07) is 17.9. The summed E-state index contributed by atoms with van der Waals surface area (Å²) in [7, 11) is 0. The molecule has 2 aromatic carbocycles. The number of piperidine rings is 1. The Balaban J connectivity index is 1.67. The molecule has 0 saturated carbocycles. The summed E-state index contributed by atoms with van der Waals surface area (Å²) < 4.78 is 0. The molecule has 1 aliphatic rings. The quantitative estimate of drug-likeness (QED) is 0.727. The average molecular weight is 408 g/mol. The fraction of sp³-hybridized carbons (Fsp3) is 0.440. The number of nitrogens with zero attached hydrogens (tertiary/aromatic N) is 2. The van der Waals surface area contributed by atoms with Gasteiger partial charge in [-0.05, 0) is 56.4 Å². The van der Waals surface area contributed by atoms with E-state index in [1.807, 2.05) is 54.3 Å². The van der Waals surface area contributed by atoms with Crippen LogP contribution in [0.5, 0.6) is 0 Å². The number of likely N-dealkylation sites (tertiary alicyclic amines) is 1. The molecular weight excluding hydrogens is 374 g/mol. The summed E-state index contributed by atoms with van der Waals surface area (Å²) in [6.45, 7) is 7.98. The number of nitrogens with one attached hydrogen (secondary N) is 1. The van der Waals surface area contributed by atoms with Gasteiger partial charge in [0.2, 0.25) is 5.91 Å². The molecule has 1 N–H and O–H groups in total. The van der Waals surface area contributed by atoms with Crippen molar-refractivity contribution in [1.82, 2.24) is 9.80 Å². The third-order valence-corrected chi connectivity index (χ3v) is 5.93. The molecule has 1 heterocycles. The van der Waals surface area contributed by atoms with Crippen molar-refractivity contribution in [2.75, 3.05) is 18.4 Å². The van der Waals surface area contributed by atoms with E-state index in [1.54, 1.807) is 4.90 Å². The molecule has 2 atom stereocenters. The number of hydrogen-bond acceptors (Lipinski definition) is 2. The van der Waals surface area contributed by atoms with Crippen molar-refractivity contribution in [2.24, 2.45) is 5.92 Å². The highest BCUT2D eigenvalue weighted by atomic mass is 16.2. The van der Waals surface area contributed by atoms with Gasteiger partial charge in [0.1, 0.15) is 0 Å². The lowest BCUT2D eigenvalue weighted by atomic mass is 9.95. The molecule has 1 saturated heterocycles. The van der Waals surface area contributed by atoms with Crippen LogP contribution in [0.25, 0.3) is 0 Å². The lowest BCUT2D eigenvalue weighted by Crippen LogP contribution is -2.49. The van der Waals surface area contributed by atoms with Crippen molar-refractivity contribution in [3.8, 4) is 0 Å². The Kier molecular flexibility index (Phi) is 7.50. The zero-order chi connectivity index (χ0) is 21.5. The molecule has 2 aromatic rings. The molecule has 5 heteroatoms. The van der Waals surface area contributed by atoms with Crippen molar-refractivity contribution in [3.63, 3.8) is 0 Å². The summed E-state index contributed by atoms with van der Waals surface area (Å²) >= 11 is 0. The first-order valence-corrected chi connectivity index (χ1v) is 10.9. The summed E-state index contributed by atoms with van der Waals surface area (Å²) in [5.74, 6) is 0.000908. The highest BCUT2D eigenvalue weighted by molar-refractivity contribution is 5.90. The number of carbonyl (C=O) groups excluding carboxylic acids is 2. The predicted octanol–water partition coefficient (Wildman–Crippen LogP) is 5.07. The van der Waals surface area contributed by atoms with Gasteiger partial charge in [-0.15, -0.1) is 0 Å². The molecule has 160 valence electrons. The molecule has 3 amide bonds. The molecule has 0 radical (unpaired) electrons. The Labute approximate surface area is 180 Å². The van der Waals surface area contributed by atoms with Gasteiger partial charge in [0.15, 0.2) is 0 Å². The predicted molar refractivity (Wildman–Crippen MR) is 121 cm³/mol. The van der Waals surface area contributed by atoms with Crippen molar-refractivity contribution in [1.29, 1.82) is 0 Å². The van der Waals surface area contributed by atoms with Crippen LogP contribution >= 0.6 is 0 Å². The van der Waals surface area contributed by atoms with Crippen LogP contribution in [-0.4, -0.2) is 40.9 Å². The van der Waals surface area contributed by atoms with Crippen molar-refractivity contribution < 1.29 is 9.59 Å². The van der Waals surface area contributed by atoms with Crippen LogP contribution in [-0.2, 0) is 11.3 Å². The van der Waals surface area contributed by atoms with E-state index in [4.69, 9.17) is 0 Å². The Morgan fingerprint density at radius 2 is 1.93 bits per heavy atom. The van der Waals surface area contributed by atoms with Gasteiger partial charge in [0, 0.05) is 31.4 Å². The normalized spacial score (nSPS) is 17.3. The maximum atomic E-state index is 13.4. The molecule has 5 nitrogen and oxygen atoms in total. The van der Waals surface area contributed by atoms with Crippen LogP contribution in [0.1, 0.15) is 44.2 Å². The molecule has 0 aliphatic carbocycles. The highest BCUT2D eigenvalue weighted by Gasteiger charge is 2.32. The summed E-state index contributed by atoms with van der Waals surface area (Å²) in [5, 5.41) is 2.98. The van der Waals surface area contributed by atoms with Gasteiger partial charge < -0.3 is 15.1 Å². The van der Waals surface area contributed by atoms with E-state index in [0.29, 0.717) is 19.6 Å². The zero-order valence-corrected chi connectivity index (χ0v) is 18.3. The molecule has 3 rings (SSSR count).